The second-order valence-corrected chi connectivity index (χ2v) is 4.52. The highest BCUT2D eigenvalue weighted by molar-refractivity contribution is 5.81. The van der Waals surface area contributed by atoms with Crippen molar-refractivity contribution in [1.29, 1.82) is 0 Å². The van der Waals surface area contributed by atoms with Gasteiger partial charge in [0, 0.05) is 26.2 Å². The lowest BCUT2D eigenvalue weighted by atomic mass is 10.0. The Hall–Kier alpha value is -1.36. The fraction of sp³-hybridized carbons (Fsp3) is 0.667. The molecular weight excluding hydrogens is 216 g/mol. The molecule has 1 aromatic rings. The van der Waals surface area contributed by atoms with Crippen LogP contribution in [0.15, 0.2) is 12.3 Å². The van der Waals surface area contributed by atoms with Crippen molar-refractivity contribution < 1.29 is 4.79 Å². The Kier molecular flexibility index (Phi) is 4.14. The van der Waals surface area contributed by atoms with Crippen LogP contribution < -0.4 is 10.6 Å². The monoisotopic (exact) mass is 236 g/mol. The molecule has 94 valence electrons. The summed E-state index contributed by atoms with van der Waals surface area (Å²) in [6.45, 7) is 1.62. The Morgan fingerprint density at radius 2 is 2.53 bits per heavy atom. The quantitative estimate of drug-likeness (QED) is 0.786. The van der Waals surface area contributed by atoms with Crippen LogP contribution in [0.1, 0.15) is 25.0 Å². The van der Waals surface area contributed by atoms with Gasteiger partial charge < -0.3 is 10.6 Å². The van der Waals surface area contributed by atoms with Crippen LogP contribution in [0.3, 0.4) is 0 Å². The van der Waals surface area contributed by atoms with Gasteiger partial charge in [-0.05, 0) is 25.5 Å². The van der Waals surface area contributed by atoms with Crippen LogP contribution in [0.4, 0.5) is 0 Å². The van der Waals surface area contributed by atoms with Gasteiger partial charge in [0.15, 0.2) is 0 Å². The molecule has 2 heterocycles. The molecule has 1 atom stereocenters. The highest BCUT2D eigenvalue weighted by Gasteiger charge is 2.19. The molecule has 0 aliphatic carbocycles. The molecule has 1 amide bonds. The summed E-state index contributed by atoms with van der Waals surface area (Å²) in [7, 11) is 1.90. The SMILES string of the molecule is Cn1ccc(CCNC(=O)C2CCCCN2)n1. The van der Waals surface area contributed by atoms with Gasteiger partial charge in [0.05, 0.1) is 11.7 Å². The van der Waals surface area contributed by atoms with Crippen molar-refractivity contribution >= 4 is 5.91 Å². The molecule has 0 bridgehead atoms. The van der Waals surface area contributed by atoms with E-state index in [4.69, 9.17) is 0 Å². The first-order valence-electron chi connectivity index (χ1n) is 6.25. The molecule has 1 aliphatic heterocycles. The topological polar surface area (TPSA) is 59.0 Å². The molecule has 1 unspecified atom stereocenters. The molecule has 2 N–H and O–H groups in total. The minimum absolute atomic E-state index is 0.00693. The van der Waals surface area contributed by atoms with E-state index in [0.717, 1.165) is 31.5 Å². The Bertz CT molecular complexity index is 368. The Morgan fingerprint density at radius 3 is 3.18 bits per heavy atom. The fourth-order valence-electron chi connectivity index (χ4n) is 2.11. The van der Waals surface area contributed by atoms with Gasteiger partial charge in [-0.2, -0.15) is 5.10 Å². The van der Waals surface area contributed by atoms with Crippen molar-refractivity contribution in [3.05, 3.63) is 18.0 Å². The molecule has 1 aromatic heterocycles. The average Bonchev–Trinajstić information content (AvgIpc) is 2.76. The largest absolute Gasteiger partial charge is 0.354 e. The van der Waals surface area contributed by atoms with Crippen LogP contribution in [0.25, 0.3) is 0 Å². The number of hydrogen-bond acceptors (Lipinski definition) is 3. The number of aromatic nitrogens is 2. The molecule has 5 heteroatoms. The predicted octanol–water partition coefficient (Wildman–Crippen LogP) is 0.221. The zero-order valence-corrected chi connectivity index (χ0v) is 10.3. The van der Waals surface area contributed by atoms with Gasteiger partial charge in [0.25, 0.3) is 0 Å². The summed E-state index contributed by atoms with van der Waals surface area (Å²) in [4.78, 5) is 11.8. The van der Waals surface area contributed by atoms with E-state index in [9.17, 15) is 4.79 Å². The second kappa shape index (κ2) is 5.82. The van der Waals surface area contributed by atoms with Crippen molar-refractivity contribution in [1.82, 2.24) is 20.4 Å². The van der Waals surface area contributed by atoms with Crippen molar-refractivity contribution in [3.63, 3.8) is 0 Å². The third-order valence-corrected chi connectivity index (χ3v) is 3.08. The lowest BCUT2D eigenvalue weighted by Gasteiger charge is -2.22. The van der Waals surface area contributed by atoms with Gasteiger partial charge in [0.2, 0.25) is 5.91 Å². The first kappa shape index (κ1) is 12.1. The number of carbonyl (C=O) groups is 1. The summed E-state index contributed by atoms with van der Waals surface area (Å²) in [6, 6.07) is 1.98. The summed E-state index contributed by atoms with van der Waals surface area (Å²) in [5.74, 6) is 0.126. The average molecular weight is 236 g/mol. The standard InChI is InChI=1S/C12H20N4O/c1-16-9-6-10(15-16)5-8-14-12(17)11-4-2-3-7-13-11/h6,9,11,13H,2-5,7-8H2,1H3,(H,14,17). The highest BCUT2D eigenvalue weighted by atomic mass is 16.2. The van der Waals surface area contributed by atoms with E-state index in [1.807, 2.05) is 19.3 Å². The van der Waals surface area contributed by atoms with Gasteiger partial charge in [-0.25, -0.2) is 0 Å². The molecule has 2 rings (SSSR count). The smallest absolute Gasteiger partial charge is 0.237 e. The van der Waals surface area contributed by atoms with E-state index in [2.05, 4.69) is 15.7 Å². The van der Waals surface area contributed by atoms with Crippen molar-refractivity contribution in [3.8, 4) is 0 Å². The summed E-state index contributed by atoms with van der Waals surface area (Å²) in [5, 5.41) is 10.5. The molecule has 0 saturated carbocycles. The summed E-state index contributed by atoms with van der Waals surface area (Å²) < 4.78 is 1.78. The highest BCUT2D eigenvalue weighted by Crippen LogP contribution is 2.06. The maximum Gasteiger partial charge on any atom is 0.237 e. The number of nitrogens with zero attached hydrogens (tertiary/aromatic N) is 2. The van der Waals surface area contributed by atoms with Gasteiger partial charge in [-0.15, -0.1) is 0 Å². The van der Waals surface area contributed by atoms with Gasteiger partial charge >= 0.3 is 0 Å². The molecule has 0 aromatic carbocycles. The number of carbonyl (C=O) groups excluding carboxylic acids is 1. The Labute approximate surface area is 102 Å². The molecule has 17 heavy (non-hydrogen) atoms. The summed E-state index contributed by atoms with van der Waals surface area (Å²) in [5.41, 5.74) is 1.02. The minimum atomic E-state index is 0.00693. The first-order chi connectivity index (χ1) is 8.25. The predicted molar refractivity (Wildman–Crippen MR) is 65.6 cm³/mol. The molecule has 1 saturated heterocycles. The van der Waals surface area contributed by atoms with Crippen LogP contribution in [0.5, 0.6) is 0 Å². The number of amides is 1. The zero-order valence-electron chi connectivity index (χ0n) is 10.3. The number of hydrogen-bond donors (Lipinski definition) is 2. The summed E-state index contributed by atoms with van der Waals surface area (Å²) in [6.07, 6.45) is 5.98. The van der Waals surface area contributed by atoms with Crippen LogP contribution in [0, 0.1) is 0 Å². The minimum Gasteiger partial charge on any atom is -0.354 e. The Balaban J connectivity index is 1.69. The second-order valence-electron chi connectivity index (χ2n) is 4.52. The van der Waals surface area contributed by atoms with Gasteiger partial charge in [0.1, 0.15) is 0 Å². The molecule has 0 radical (unpaired) electrons. The van der Waals surface area contributed by atoms with Crippen molar-refractivity contribution in [2.75, 3.05) is 13.1 Å². The lowest BCUT2D eigenvalue weighted by molar-refractivity contribution is -0.123. The molecule has 0 spiro atoms. The molecule has 1 fully saturated rings. The third kappa shape index (κ3) is 3.56. The van der Waals surface area contributed by atoms with Crippen LogP contribution >= 0.6 is 0 Å². The molecule has 5 nitrogen and oxygen atoms in total. The number of aryl methyl sites for hydroxylation is 1. The van der Waals surface area contributed by atoms with E-state index in [1.165, 1.54) is 6.42 Å². The normalized spacial score (nSPS) is 20.2. The fourth-order valence-corrected chi connectivity index (χ4v) is 2.11. The van der Waals surface area contributed by atoms with E-state index >= 15 is 0 Å². The molecular formula is C12H20N4O. The van der Waals surface area contributed by atoms with E-state index in [0.29, 0.717) is 6.54 Å². The van der Waals surface area contributed by atoms with Crippen LogP contribution in [-0.2, 0) is 18.3 Å². The van der Waals surface area contributed by atoms with Crippen LogP contribution in [-0.4, -0.2) is 34.8 Å². The van der Waals surface area contributed by atoms with Gasteiger partial charge in [-0.3, -0.25) is 9.48 Å². The maximum atomic E-state index is 11.8. The van der Waals surface area contributed by atoms with E-state index in [-0.39, 0.29) is 11.9 Å². The van der Waals surface area contributed by atoms with Crippen molar-refractivity contribution in [2.24, 2.45) is 7.05 Å². The maximum absolute atomic E-state index is 11.8. The number of piperidine rings is 1. The lowest BCUT2D eigenvalue weighted by Crippen LogP contribution is -2.47. The first-order valence-corrected chi connectivity index (χ1v) is 6.25. The Morgan fingerprint density at radius 1 is 1.65 bits per heavy atom. The zero-order chi connectivity index (χ0) is 12.1. The van der Waals surface area contributed by atoms with Gasteiger partial charge in [-0.1, -0.05) is 6.42 Å². The third-order valence-electron chi connectivity index (χ3n) is 3.08. The van der Waals surface area contributed by atoms with E-state index < -0.39 is 0 Å². The summed E-state index contributed by atoms with van der Waals surface area (Å²) >= 11 is 0. The van der Waals surface area contributed by atoms with E-state index in [1.54, 1.807) is 4.68 Å². The number of rotatable bonds is 4. The molecule has 1 aliphatic rings. The van der Waals surface area contributed by atoms with Crippen LogP contribution in [0.2, 0.25) is 0 Å². The number of nitrogens with one attached hydrogen (secondary N) is 2. The van der Waals surface area contributed by atoms with Crippen molar-refractivity contribution in [2.45, 2.75) is 31.7 Å².